The van der Waals surface area contributed by atoms with Crippen LogP contribution in [-0.2, 0) is 5.41 Å². The van der Waals surface area contributed by atoms with Crippen molar-refractivity contribution in [1.82, 2.24) is 0 Å². The molecule has 0 saturated carbocycles. The van der Waals surface area contributed by atoms with Crippen LogP contribution in [0.2, 0.25) is 0 Å². The summed E-state index contributed by atoms with van der Waals surface area (Å²) in [5.74, 6) is 0. The molecule has 0 amide bonds. The molecule has 0 atom stereocenters. The summed E-state index contributed by atoms with van der Waals surface area (Å²) in [5.41, 5.74) is 20.8. The fraction of sp³-hybridized carbons (Fsp3) is 0.0154. The Hall–Kier alpha value is -8.30. The number of rotatable bonds is 6. The summed E-state index contributed by atoms with van der Waals surface area (Å²) in [6, 6.07) is 92.5. The first-order valence-electron chi connectivity index (χ1n) is 23.2. The van der Waals surface area contributed by atoms with Crippen molar-refractivity contribution < 1.29 is 0 Å². The normalized spacial score (nSPS) is 12.9. The van der Waals surface area contributed by atoms with Gasteiger partial charge in [0.05, 0.1) is 21.5 Å². The zero-order chi connectivity index (χ0) is 44.1. The highest BCUT2D eigenvalue weighted by atomic mass is 32.1. The van der Waals surface area contributed by atoms with Crippen LogP contribution < -0.4 is 4.90 Å². The molecule has 0 unspecified atom stereocenters. The third kappa shape index (κ3) is 5.61. The van der Waals surface area contributed by atoms with E-state index in [0.29, 0.717) is 0 Å². The molecule has 0 aliphatic heterocycles. The lowest BCUT2D eigenvalue weighted by molar-refractivity contribution is 0.794. The smallest absolute Gasteiger partial charge is 0.0726 e. The van der Waals surface area contributed by atoms with Crippen LogP contribution in [0.15, 0.2) is 249 Å². The molecule has 0 N–H and O–H groups in total. The largest absolute Gasteiger partial charge is 0.308 e. The molecule has 0 bridgehead atoms. The van der Waals surface area contributed by atoms with Gasteiger partial charge in [0, 0.05) is 32.3 Å². The monoisotopic (exact) mass is 867 g/mol. The SMILES string of the molecule is c1ccc(-c2cc(-c3ccccc3)c3sc4c(N(c5ccc(-c6ccc7ccccc7c6)cc5)c5cccc6c5-c5ccccc5C65c6ccccc6-c6ccccc65)cccc4c3c2)cc1. The highest BCUT2D eigenvalue weighted by Gasteiger charge is 2.52. The molecule has 12 aromatic rings. The van der Waals surface area contributed by atoms with Gasteiger partial charge in [0.1, 0.15) is 0 Å². The van der Waals surface area contributed by atoms with Crippen molar-refractivity contribution >= 4 is 59.3 Å². The average Bonchev–Trinajstić information content (AvgIpc) is 4.04. The van der Waals surface area contributed by atoms with E-state index in [-0.39, 0.29) is 0 Å². The third-order valence-corrected chi connectivity index (χ3v) is 15.7. The van der Waals surface area contributed by atoms with Gasteiger partial charge in [-0.05, 0) is 120 Å². The highest BCUT2D eigenvalue weighted by molar-refractivity contribution is 7.27. The number of anilines is 3. The number of hydrogen-bond donors (Lipinski definition) is 0. The maximum Gasteiger partial charge on any atom is 0.0726 e. The standard InChI is InChI=1S/C65H41NS/c1-3-17-42(18-4-1)48-40-54(45-20-5-2-6-21-45)63-55(41-48)52-26-15-32-61(64(52)67-63)66(49-37-35-44(36-38-49)47-34-33-43-19-7-8-22-46(43)39-47)60-31-16-30-59-62(60)53-25-11-14-29-58(53)65(59)56-27-12-9-23-50(56)51-24-10-13-28-57(51)65/h1-41H. The summed E-state index contributed by atoms with van der Waals surface area (Å²) < 4.78 is 2.55. The van der Waals surface area contributed by atoms with Gasteiger partial charge in [-0.25, -0.2) is 0 Å². The van der Waals surface area contributed by atoms with E-state index in [0.717, 1.165) is 11.4 Å². The van der Waals surface area contributed by atoms with Gasteiger partial charge in [0.25, 0.3) is 0 Å². The van der Waals surface area contributed by atoms with Gasteiger partial charge in [-0.3, -0.25) is 0 Å². The molecule has 312 valence electrons. The summed E-state index contributed by atoms with van der Waals surface area (Å²) in [5, 5.41) is 5.03. The van der Waals surface area contributed by atoms with E-state index in [2.05, 4.69) is 254 Å². The van der Waals surface area contributed by atoms with Gasteiger partial charge in [0.2, 0.25) is 0 Å². The molecule has 11 aromatic carbocycles. The van der Waals surface area contributed by atoms with E-state index in [9.17, 15) is 0 Å². The van der Waals surface area contributed by atoms with E-state index >= 15 is 0 Å². The molecule has 2 aliphatic rings. The second kappa shape index (κ2) is 14.9. The molecular formula is C65H41NS. The maximum absolute atomic E-state index is 2.56. The van der Waals surface area contributed by atoms with Gasteiger partial charge < -0.3 is 4.90 Å². The Bertz CT molecular complexity index is 3870. The van der Waals surface area contributed by atoms with Gasteiger partial charge >= 0.3 is 0 Å². The van der Waals surface area contributed by atoms with Crippen molar-refractivity contribution in [3.8, 4) is 55.6 Å². The summed E-state index contributed by atoms with van der Waals surface area (Å²) >= 11 is 1.91. The topological polar surface area (TPSA) is 3.24 Å². The van der Waals surface area contributed by atoms with Gasteiger partial charge in [-0.1, -0.05) is 206 Å². The highest BCUT2D eigenvalue weighted by Crippen LogP contribution is 2.65. The van der Waals surface area contributed by atoms with Crippen LogP contribution in [0.25, 0.3) is 86.6 Å². The molecule has 1 heterocycles. The fourth-order valence-electron chi connectivity index (χ4n) is 11.6. The Balaban J connectivity index is 1.04. The molecule has 1 spiro atoms. The minimum absolute atomic E-state index is 0.456. The quantitative estimate of drug-likeness (QED) is 0.161. The Kier molecular flexibility index (Phi) is 8.44. The first kappa shape index (κ1) is 38.0. The Morgan fingerprint density at radius 1 is 0.299 bits per heavy atom. The molecule has 67 heavy (non-hydrogen) atoms. The third-order valence-electron chi connectivity index (χ3n) is 14.5. The molecule has 1 nitrogen and oxygen atoms in total. The van der Waals surface area contributed by atoms with Crippen molar-refractivity contribution in [2.45, 2.75) is 5.41 Å². The lowest BCUT2D eigenvalue weighted by Gasteiger charge is -2.32. The number of benzene rings is 11. The van der Waals surface area contributed by atoms with Crippen LogP contribution >= 0.6 is 11.3 Å². The van der Waals surface area contributed by atoms with Crippen molar-refractivity contribution in [2.75, 3.05) is 4.90 Å². The van der Waals surface area contributed by atoms with Crippen molar-refractivity contribution in [2.24, 2.45) is 0 Å². The summed E-state index contributed by atoms with van der Waals surface area (Å²) in [4.78, 5) is 2.56. The number of nitrogens with zero attached hydrogens (tertiary/aromatic N) is 1. The first-order chi connectivity index (χ1) is 33.2. The van der Waals surface area contributed by atoms with Gasteiger partial charge in [0.15, 0.2) is 0 Å². The molecule has 2 heteroatoms. The van der Waals surface area contributed by atoms with E-state index in [1.54, 1.807) is 0 Å². The summed E-state index contributed by atoms with van der Waals surface area (Å²) in [7, 11) is 0. The van der Waals surface area contributed by atoms with E-state index in [1.807, 2.05) is 11.3 Å². The maximum atomic E-state index is 2.56. The lowest BCUT2D eigenvalue weighted by atomic mass is 9.70. The molecule has 0 saturated heterocycles. The van der Waals surface area contributed by atoms with Crippen LogP contribution in [0.4, 0.5) is 17.1 Å². The van der Waals surface area contributed by atoms with Crippen molar-refractivity contribution in [3.63, 3.8) is 0 Å². The molecule has 1 aromatic heterocycles. The van der Waals surface area contributed by atoms with Gasteiger partial charge in [-0.2, -0.15) is 0 Å². The number of thiophene rings is 1. The van der Waals surface area contributed by atoms with Crippen LogP contribution in [0.5, 0.6) is 0 Å². The van der Waals surface area contributed by atoms with E-state index < -0.39 is 5.41 Å². The predicted octanol–water partition coefficient (Wildman–Crippen LogP) is 18.0. The Morgan fingerprint density at radius 3 is 1.58 bits per heavy atom. The number of fused-ring (bicyclic) bond motifs is 14. The minimum Gasteiger partial charge on any atom is -0.308 e. The van der Waals surface area contributed by atoms with Crippen LogP contribution in [0, 0.1) is 0 Å². The second-order valence-corrected chi connectivity index (χ2v) is 18.9. The van der Waals surface area contributed by atoms with Crippen LogP contribution in [0.1, 0.15) is 22.3 Å². The van der Waals surface area contributed by atoms with Crippen LogP contribution in [-0.4, -0.2) is 0 Å². The first-order valence-corrected chi connectivity index (χ1v) is 24.0. The summed E-state index contributed by atoms with van der Waals surface area (Å²) in [6.07, 6.45) is 0. The lowest BCUT2D eigenvalue weighted by Crippen LogP contribution is -2.26. The van der Waals surface area contributed by atoms with Crippen molar-refractivity contribution in [1.29, 1.82) is 0 Å². The number of hydrogen-bond acceptors (Lipinski definition) is 2. The van der Waals surface area contributed by atoms with E-state index in [4.69, 9.17) is 0 Å². The molecular weight excluding hydrogens is 827 g/mol. The predicted molar refractivity (Wildman–Crippen MR) is 284 cm³/mol. The fourth-order valence-corrected chi connectivity index (χ4v) is 12.9. The zero-order valence-electron chi connectivity index (χ0n) is 36.5. The van der Waals surface area contributed by atoms with Crippen molar-refractivity contribution in [3.05, 3.63) is 271 Å². The average molecular weight is 868 g/mol. The molecule has 0 radical (unpaired) electrons. The molecule has 2 aliphatic carbocycles. The Labute approximate surface area is 394 Å². The summed E-state index contributed by atoms with van der Waals surface area (Å²) in [6.45, 7) is 0. The second-order valence-electron chi connectivity index (χ2n) is 17.9. The minimum atomic E-state index is -0.456. The van der Waals surface area contributed by atoms with Crippen LogP contribution in [0.3, 0.4) is 0 Å². The van der Waals surface area contributed by atoms with E-state index in [1.165, 1.54) is 115 Å². The van der Waals surface area contributed by atoms with Gasteiger partial charge in [-0.15, -0.1) is 11.3 Å². The molecule has 0 fully saturated rings. The zero-order valence-corrected chi connectivity index (χ0v) is 37.3. The Morgan fingerprint density at radius 2 is 0.851 bits per heavy atom. The molecule has 14 rings (SSSR count).